The fourth-order valence-corrected chi connectivity index (χ4v) is 2.15. The van der Waals surface area contributed by atoms with Crippen LogP contribution < -0.4 is 9.64 Å². The number of fused-ring (bicyclic) bond motifs is 1. The molecule has 4 heteroatoms. The molecule has 3 nitrogen and oxygen atoms in total. The summed E-state index contributed by atoms with van der Waals surface area (Å²) in [6.45, 7) is 6.30. The zero-order chi connectivity index (χ0) is 12.6. The molecule has 1 aromatic carbocycles. The molecule has 2 rings (SSSR count). The molecule has 0 radical (unpaired) electrons. The molecule has 1 aromatic rings. The Kier molecular flexibility index (Phi) is 3.04. The highest BCUT2D eigenvalue weighted by atomic mass is 35.5. The monoisotopic (exact) mass is 253 g/mol. The highest BCUT2D eigenvalue weighted by Gasteiger charge is 2.40. The van der Waals surface area contributed by atoms with Crippen molar-refractivity contribution in [3.8, 4) is 5.75 Å². The lowest BCUT2D eigenvalue weighted by Crippen LogP contribution is -2.52. The summed E-state index contributed by atoms with van der Waals surface area (Å²) in [4.78, 5) is 14.0. The van der Waals surface area contributed by atoms with Crippen LogP contribution in [0.2, 0.25) is 5.02 Å². The molecule has 0 aliphatic carbocycles. The average molecular weight is 254 g/mol. The Morgan fingerprint density at radius 2 is 2.12 bits per heavy atom. The lowest BCUT2D eigenvalue weighted by Gasteiger charge is -2.38. The second-order valence-electron chi connectivity index (χ2n) is 4.68. The van der Waals surface area contributed by atoms with Crippen LogP contribution in [0.4, 0.5) is 5.69 Å². The van der Waals surface area contributed by atoms with Gasteiger partial charge in [-0.1, -0.05) is 18.5 Å². The van der Waals surface area contributed by atoms with Crippen LogP contribution >= 0.6 is 11.6 Å². The molecular formula is C13H16ClNO2. The van der Waals surface area contributed by atoms with E-state index in [0.29, 0.717) is 17.3 Å². The first-order chi connectivity index (χ1) is 7.95. The largest absolute Gasteiger partial charge is 0.476 e. The Morgan fingerprint density at radius 1 is 1.41 bits per heavy atom. The summed E-state index contributed by atoms with van der Waals surface area (Å²) in [5, 5.41) is 0.612. The number of ether oxygens (including phenoxy) is 1. The molecule has 0 bridgehead atoms. The Balaban J connectivity index is 2.51. The van der Waals surface area contributed by atoms with E-state index in [1.165, 1.54) is 0 Å². The summed E-state index contributed by atoms with van der Waals surface area (Å²) in [7, 11) is 0. The summed E-state index contributed by atoms with van der Waals surface area (Å²) in [5.41, 5.74) is -0.0422. The van der Waals surface area contributed by atoms with Crippen molar-refractivity contribution in [1.82, 2.24) is 0 Å². The van der Waals surface area contributed by atoms with Gasteiger partial charge < -0.3 is 9.64 Å². The molecule has 0 unspecified atom stereocenters. The fourth-order valence-electron chi connectivity index (χ4n) is 1.99. The maximum absolute atomic E-state index is 12.3. The molecule has 0 N–H and O–H groups in total. The molecule has 92 valence electrons. The van der Waals surface area contributed by atoms with Crippen LogP contribution in [-0.4, -0.2) is 18.1 Å². The van der Waals surface area contributed by atoms with Crippen molar-refractivity contribution in [2.45, 2.75) is 32.8 Å². The fraction of sp³-hybridized carbons (Fsp3) is 0.462. The zero-order valence-corrected chi connectivity index (χ0v) is 11.0. The van der Waals surface area contributed by atoms with E-state index >= 15 is 0 Å². The quantitative estimate of drug-likeness (QED) is 0.810. The van der Waals surface area contributed by atoms with Crippen LogP contribution in [0.3, 0.4) is 0 Å². The van der Waals surface area contributed by atoms with Gasteiger partial charge in [0.15, 0.2) is 5.60 Å². The minimum absolute atomic E-state index is 0.0193. The number of hydrogen-bond donors (Lipinski definition) is 0. The summed E-state index contributed by atoms with van der Waals surface area (Å²) < 4.78 is 5.71. The maximum Gasteiger partial charge on any atom is 0.270 e. The van der Waals surface area contributed by atoms with E-state index in [0.717, 1.165) is 12.1 Å². The lowest BCUT2D eigenvalue weighted by atomic mass is 10.0. The molecule has 1 amide bonds. The van der Waals surface area contributed by atoms with Crippen molar-refractivity contribution in [1.29, 1.82) is 0 Å². The molecule has 0 saturated heterocycles. The van der Waals surface area contributed by atoms with Gasteiger partial charge in [-0.2, -0.15) is 0 Å². The van der Waals surface area contributed by atoms with Crippen molar-refractivity contribution >= 4 is 23.2 Å². The van der Waals surface area contributed by atoms with Gasteiger partial charge in [0.25, 0.3) is 5.91 Å². The van der Waals surface area contributed by atoms with E-state index in [9.17, 15) is 4.79 Å². The molecule has 1 heterocycles. The third-order valence-electron chi connectivity index (χ3n) is 2.78. The van der Waals surface area contributed by atoms with Gasteiger partial charge in [-0.15, -0.1) is 0 Å². The van der Waals surface area contributed by atoms with Crippen LogP contribution in [0, 0.1) is 0 Å². The molecule has 1 aliphatic rings. The zero-order valence-electron chi connectivity index (χ0n) is 10.3. The van der Waals surface area contributed by atoms with Crippen LogP contribution in [0.1, 0.15) is 27.2 Å². The van der Waals surface area contributed by atoms with Gasteiger partial charge in [0.1, 0.15) is 5.75 Å². The predicted octanol–water partition coefficient (Wildman–Crippen LogP) is 3.25. The first-order valence-electron chi connectivity index (χ1n) is 5.76. The van der Waals surface area contributed by atoms with Crippen molar-refractivity contribution in [2.75, 3.05) is 11.4 Å². The van der Waals surface area contributed by atoms with Crippen LogP contribution in [0.5, 0.6) is 5.75 Å². The predicted molar refractivity (Wildman–Crippen MR) is 68.8 cm³/mol. The van der Waals surface area contributed by atoms with E-state index in [-0.39, 0.29) is 5.91 Å². The van der Waals surface area contributed by atoms with Crippen molar-refractivity contribution < 1.29 is 9.53 Å². The average Bonchev–Trinajstić information content (AvgIpc) is 2.26. The van der Waals surface area contributed by atoms with Gasteiger partial charge in [0, 0.05) is 11.6 Å². The summed E-state index contributed by atoms with van der Waals surface area (Å²) in [6, 6.07) is 5.37. The number of nitrogens with zero attached hydrogens (tertiary/aromatic N) is 1. The Hall–Kier alpha value is -1.22. The minimum Gasteiger partial charge on any atom is -0.476 e. The molecule has 17 heavy (non-hydrogen) atoms. The first-order valence-corrected chi connectivity index (χ1v) is 6.14. The van der Waals surface area contributed by atoms with Crippen molar-refractivity contribution in [2.24, 2.45) is 0 Å². The highest BCUT2D eigenvalue weighted by molar-refractivity contribution is 6.31. The summed E-state index contributed by atoms with van der Waals surface area (Å²) in [5.74, 6) is 0.696. The topological polar surface area (TPSA) is 29.5 Å². The van der Waals surface area contributed by atoms with Gasteiger partial charge >= 0.3 is 0 Å². The van der Waals surface area contributed by atoms with E-state index in [1.807, 2.05) is 13.0 Å². The molecule has 0 atom stereocenters. The Morgan fingerprint density at radius 3 is 2.76 bits per heavy atom. The molecule has 1 aliphatic heterocycles. The lowest BCUT2D eigenvalue weighted by molar-refractivity contribution is -0.132. The number of carbonyl (C=O) groups is 1. The number of rotatable bonds is 2. The van der Waals surface area contributed by atoms with Gasteiger partial charge in [-0.3, -0.25) is 4.79 Å². The molecular weight excluding hydrogens is 238 g/mol. The second kappa shape index (κ2) is 4.22. The number of amides is 1. The number of benzene rings is 1. The van der Waals surface area contributed by atoms with E-state index < -0.39 is 5.60 Å². The van der Waals surface area contributed by atoms with Crippen LogP contribution in [0.15, 0.2) is 18.2 Å². The molecule has 0 fully saturated rings. The smallest absolute Gasteiger partial charge is 0.270 e. The number of halogens is 1. The van der Waals surface area contributed by atoms with E-state index in [2.05, 4.69) is 0 Å². The third kappa shape index (κ3) is 2.12. The Labute approximate surface area is 106 Å². The number of anilines is 1. The highest BCUT2D eigenvalue weighted by Crippen LogP contribution is 2.39. The Bertz CT molecular complexity index is 457. The minimum atomic E-state index is -0.810. The van der Waals surface area contributed by atoms with E-state index in [4.69, 9.17) is 16.3 Å². The summed E-state index contributed by atoms with van der Waals surface area (Å²) in [6.07, 6.45) is 0.897. The normalized spacial score (nSPS) is 17.6. The molecule has 0 aromatic heterocycles. The molecule has 0 saturated carbocycles. The number of carbonyl (C=O) groups excluding carboxylic acids is 1. The van der Waals surface area contributed by atoms with E-state index in [1.54, 1.807) is 30.9 Å². The van der Waals surface area contributed by atoms with Gasteiger partial charge in [0.05, 0.1) is 5.69 Å². The SMILES string of the molecule is CCCN1C(=O)C(C)(C)Oc2ccc(Cl)cc21. The third-order valence-corrected chi connectivity index (χ3v) is 3.02. The van der Waals surface area contributed by atoms with Crippen LogP contribution in [0.25, 0.3) is 0 Å². The van der Waals surface area contributed by atoms with Crippen molar-refractivity contribution in [3.05, 3.63) is 23.2 Å². The first kappa shape index (κ1) is 12.2. The van der Waals surface area contributed by atoms with Gasteiger partial charge in [-0.25, -0.2) is 0 Å². The van der Waals surface area contributed by atoms with Crippen molar-refractivity contribution in [3.63, 3.8) is 0 Å². The van der Waals surface area contributed by atoms with Gasteiger partial charge in [-0.05, 0) is 38.5 Å². The standard InChI is InChI=1S/C13H16ClNO2/c1-4-7-15-10-8-9(14)5-6-11(10)17-13(2,3)12(15)16/h5-6,8H,4,7H2,1-3H3. The van der Waals surface area contributed by atoms with Crippen LogP contribution in [-0.2, 0) is 4.79 Å². The second-order valence-corrected chi connectivity index (χ2v) is 5.12. The number of hydrogen-bond acceptors (Lipinski definition) is 2. The maximum atomic E-state index is 12.3. The summed E-state index contributed by atoms with van der Waals surface area (Å²) >= 11 is 5.97. The van der Waals surface area contributed by atoms with Gasteiger partial charge in [0.2, 0.25) is 0 Å². The molecule has 0 spiro atoms.